The number of ether oxygens (including phenoxy) is 1. The zero-order valence-corrected chi connectivity index (χ0v) is 13.0. The Morgan fingerprint density at radius 2 is 2.26 bits per heavy atom. The van der Waals surface area contributed by atoms with Crippen LogP contribution in [0.4, 0.5) is 0 Å². The van der Waals surface area contributed by atoms with Gasteiger partial charge in [0.05, 0.1) is 11.6 Å². The number of rotatable bonds is 7. The first-order valence-electron chi connectivity index (χ1n) is 5.72. The number of thiocarbonyl (C=S) groups is 1. The number of pyridine rings is 1. The van der Waals surface area contributed by atoms with E-state index in [9.17, 15) is 4.79 Å². The summed E-state index contributed by atoms with van der Waals surface area (Å²) in [6.07, 6.45) is 2.08. The average molecular weight is 346 g/mol. The van der Waals surface area contributed by atoms with Crippen molar-refractivity contribution in [3.63, 3.8) is 0 Å². The fraction of sp³-hybridized carbons (Fsp3) is 0.417. The molecule has 1 amide bonds. The number of methoxy groups -OCH3 is 1. The quantitative estimate of drug-likeness (QED) is 0.760. The normalized spacial score (nSPS) is 10.2. The zero-order valence-electron chi connectivity index (χ0n) is 10.6. The van der Waals surface area contributed by atoms with Gasteiger partial charge in [0.1, 0.15) is 5.69 Å². The minimum atomic E-state index is -0.152. The van der Waals surface area contributed by atoms with Crippen molar-refractivity contribution < 1.29 is 9.53 Å². The Morgan fingerprint density at radius 1 is 1.53 bits per heavy atom. The summed E-state index contributed by atoms with van der Waals surface area (Å²) >= 11 is 8.12. The van der Waals surface area contributed by atoms with E-state index in [1.54, 1.807) is 30.3 Å². The number of halogens is 1. The number of nitrogens with zero attached hydrogens (tertiary/aromatic N) is 2. The Morgan fingerprint density at radius 3 is 2.79 bits per heavy atom. The van der Waals surface area contributed by atoms with Crippen LogP contribution >= 0.6 is 28.1 Å². The van der Waals surface area contributed by atoms with Gasteiger partial charge in [-0.05, 0) is 28.1 Å². The van der Waals surface area contributed by atoms with E-state index in [4.69, 9.17) is 22.7 Å². The summed E-state index contributed by atoms with van der Waals surface area (Å²) < 4.78 is 5.83. The number of amides is 1. The van der Waals surface area contributed by atoms with E-state index in [-0.39, 0.29) is 5.91 Å². The van der Waals surface area contributed by atoms with Crippen molar-refractivity contribution in [3.05, 3.63) is 28.5 Å². The third kappa shape index (κ3) is 5.63. The molecule has 0 aliphatic carbocycles. The maximum Gasteiger partial charge on any atom is 0.272 e. The Labute approximate surface area is 126 Å². The standard InChI is InChI=1S/C12H16BrN3O2S/c1-18-7-6-16(5-4-11(14)19)12(17)10-3-2-9(13)8-15-10/h2-3,8H,4-7H2,1H3,(H2,14,19). The highest BCUT2D eigenvalue weighted by atomic mass is 79.9. The third-order valence-corrected chi connectivity index (χ3v) is 3.10. The number of carbonyl (C=O) groups excluding carboxylic acids is 1. The number of hydrogen-bond donors (Lipinski definition) is 1. The van der Waals surface area contributed by atoms with Gasteiger partial charge in [-0.25, -0.2) is 4.98 Å². The molecule has 0 bridgehead atoms. The van der Waals surface area contributed by atoms with Crippen LogP contribution in [0.1, 0.15) is 16.9 Å². The van der Waals surface area contributed by atoms with E-state index in [2.05, 4.69) is 20.9 Å². The van der Waals surface area contributed by atoms with Gasteiger partial charge in [0.15, 0.2) is 0 Å². The van der Waals surface area contributed by atoms with Crippen molar-refractivity contribution in [3.8, 4) is 0 Å². The van der Waals surface area contributed by atoms with Crippen molar-refractivity contribution in [2.24, 2.45) is 5.73 Å². The van der Waals surface area contributed by atoms with Gasteiger partial charge in [0.2, 0.25) is 0 Å². The van der Waals surface area contributed by atoms with Crippen molar-refractivity contribution in [2.75, 3.05) is 26.8 Å². The van der Waals surface area contributed by atoms with Crippen molar-refractivity contribution in [2.45, 2.75) is 6.42 Å². The van der Waals surface area contributed by atoms with Crippen LogP contribution in [0.15, 0.2) is 22.8 Å². The van der Waals surface area contributed by atoms with Gasteiger partial charge in [-0.3, -0.25) is 4.79 Å². The molecular formula is C12H16BrN3O2S. The predicted molar refractivity (Wildman–Crippen MR) is 81.1 cm³/mol. The van der Waals surface area contributed by atoms with Crippen molar-refractivity contribution in [1.29, 1.82) is 0 Å². The Kier molecular flexibility index (Phi) is 6.90. The van der Waals surface area contributed by atoms with Gasteiger partial charge >= 0.3 is 0 Å². The first-order chi connectivity index (χ1) is 9.04. The molecule has 7 heteroatoms. The van der Waals surface area contributed by atoms with Gasteiger partial charge in [0.25, 0.3) is 5.91 Å². The number of aromatic nitrogens is 1. The molecule has 1 rings (SSSR count). The fourth-order valence-corrected chi connectivity index (χ4v) is 1.75. The molecule has 0 unspecified atom stereocenters. The molecule has 1 heterocycles. The molecule has 1 aromatic heterocycles. The Hall–Kier alpha value is -1.05. The lowest BCUT2D eigenvalue weighted by molar-refractivity contribution is 0.0695. The summed E-state index contributed by atoms with van der Waals surface area (Å²) in [5.41, 5.74) is 5.86. The molecule has 0 saturated carbocycles. The summed E-state index contributed by atoms with van der Waals surface area (Å²) in [4.78, 5) is 18.4. The SMILES string of the molecule is COCCN(CCC(N)=S)C(=O)c1ccc(Br)cn1. The maximum absolute atomic E-state index is 12.3. The number of hydrogen-bond acceptors (Lipinski definition) is 4. The lowest BCUT2D eigenvalue weighted by Crippen LogP contribution is -2.36. The minimum Gasteiger partial charge on any atom is -0.393 e. The molecule has 0 saturated heterocycles. The van der Waals surface area contributed by atoms with Gasteiger partial charge in [0, 0.05) is 37.3 Å². The predicted octanol–water partition coefficient (Wildman–Crippen LogP) is 1.61. The topological polar surface area (TPSA) is 68.5 Å². The molecule has 19 heavy (non-hydrogen) atoms. The Bertz CT molecular complexity index is 439. The van der Waals surface area contributed by atoms with Gasteiger partial charge < -0.3 is 15.4 Å². The summed E-state index contributed by atoms with van der Waals surface area (Å²) in [6, 6.07) is 3.45. The van der Waals surface area contributed by atoms with E-state index in [0.29, 0.717) is 36.8 Å². The highest BCUT2D eigenvalue weighted by molar-refractivity contribution is 9.10. The minimum absolute atomic E-state index is 0.152. The summed E-state index contributed by atoms with van der Waals surface area (Å²) in [5, 5.41) is 0. The molecule has 0 fully saturated rings. The number of carbonyl (C=O) groups is 1. The monoisotopic (exact) mass is 345 g/mol. The molecule has 0 aliphatic rings. The molecular weight excluding hydrogens is 330 g/mol. The van der Waals surface area contributed by atoms with Gasteiger partial charge in [-0.1, -0.05) is 12.2 Å². The van der Waals surface area contributed by atoms with E-state index in [1.807, 2.05) is 0 Å². The first-order valence-corrected chi connectivity index (χ1v) is 6.92. The van der Waals surface area contributed by atoms with Crippen molar-refractivity contribution in [1.82, 2.24) is 9.88 Å². The van der Waals surface area contributed by atoms with Crippen LogP contribution in [0.2, 0.25) is 0 Å². The summed E-state index contributed by atoms with van der Waals surface area (Å²) in [5.74, 6) is -0.152. The van der Waals surface area contributed by atoms with Crippen LogP contribution in [0.3, 0.4) is 0 Å². The Balaban J connectivity index is 2.74. The smallest absolute Gasteiger partial charge is 0.272 e. The van der Waals surface area contributed by atoms with E-state index < -0.39 is 0 Å². The molecule has 1 aromatic rings. The molecule has 0 spiro atoms. The fourth-order valence-electron chi connectivity index (χ4n) is 1.43. The second-order valence-electron chi connectivity index (χ2n) is 3.86. The highest BCUT2D eigenvalue weighted by Gasteiger charge is 2.16. The molecule has 2 N–H and O–H groups in total. The lowest BCUT2D eigenvalue weighted by atomic mass is 10.3. The molecule has 0 atom stereocenters. The third-order valence-electron chi connectivity index (χ3n) is 2.43. The largest absolute Gasteiger partial charge is 0.393 e. The van der Waals surface area contributed by atoms with Crippen molar-refractivity contribution >= 4 is 39.0 Å². The summed E-state index contributed by atoms with van der Waals surface area (Å²) in [6.45, 7) is 1.41. The first kappa shape index (κ1) is 16.0. The average Bonchev–Trinajstić information content (AvgIpc) is 2.39. The van der Waals surface area contributed by atoms with Crippen LogP contribution < -0.4 is 5.73 Å². The van der Waals surface area contributed by atoms with Crippen LogP contribution in [-0.4, -0.2) is 47.6 Å². The van der Waals surface area contributed by atoms with E-state index >= 15 is 0 Å². The molecule has 0 aliphatic heterocycles. The van der Waals surface area contributed by atoms with Crippen LogP contribution in [0.5, 0.6) is 0 Å². The van der Waals surface area contributed by atoms with Crippen LogP contribution in [0, 0.1) is 0 Å². The molecule has 0 radical (unpaired) electrons. The number of nitrogens with two attached hydrogens (primary N) is 1. The van der Waals surface area contributed by atoms with E-state index in [1.165, 1.54) is 0 Å². The van der Waals surface area contributed by atoms with Gasteiger partial charge in [-0.2, -0.15) is 0 Å². The summed E-state index contributed by atoms with van der Waals surface area (Å²) in [7, 11) is 1.59. The second kappa shape index (κ2) is 8.19. The van der Waals surface area contributed by atoms with Crippen LogP contribution in [0.25, 0.3) is 0 Å². The maximum atomic E-state index is 12.3. The highest BCUT2D eigenvalue weighted by Crippen LogP contribution is 2.09. The molecule has 5 nitrogen and oxygen atoms in total. The molecule has 0 aromatic carbocycles. The van der Waals surface area contributed by atoms with Gasteiger partial charge in [-0.15, -0.1) is 0 Å². The van der Waals surface area contributed by atoms with E-state index in [0.717, 1.165) is 4.47 Å². The lowest BCUT2D eigenvalue weighted by Gasteiger charge is -2.21. The zero-order chi connectivity index (χ0) is 14.3. The van der Waals surface area contributed by atoms with Crippen LogP contribution in [-0.2, 0) is 4.74 Å². The second-order valence-corrected chi connectivity index (χ2v) is 5.30. The molecule has 104 valence electrons.